The Balaban J connectivity index is 1.60. The predicted molar refractivity (Wildman–Crippen MR) is 121 cm³/mol. The van der Waals surface area contributed by atoms with E-state index in [1.807, 2.05) is 4.90 Å². The molecule has 1 aromatic heterocycles. The Morgan fingerprint density at radius 3 is 3.00 bits per heavy atom. The van der Waals surface area contributed by atoms with E-state index in [1.165, 1.54) is 18.3 Å². The van der Waals surface area contributed by atoms with Crippen molar-refractivity contribution in [3.63, 3.8) is 0 Å². The lowest BCUT2D eigenvalue weighted by molar-refractivity contribution is -0.121. The zero-order valence-electron chi connectivity index (χ0n) is 17.4. The SMILES string of the molecule is CC(Oc1cc(C#CCNC(=O)CN2CC[C@@H](O)C2)cnc1N)c1c(Cl)ccc(F)c1Cl. The van der Waals surface area contributed by atoms with Crippen LogP contribution in [0.1, 0.15) is 30.6 Å². The van der Waals surface area contributed by atoms with Crippen molar-refractivity contribution >= 4 is 34.9 Å². The monoisotopic (exact) mass is 480 g/mol. The summed E-state index contributed by atoms with van der Waals surface area (Å²) in [4.78, 5) is 17.9. The van der Waals surface area contributed by atoms with E-state index in [4.69, 9.17) is 33.7 Å². The number of nitrogens with zero attached hydrogens (tertiary/aromatic N) is 2. The van der Waals surface area contributed by atoms with E-state index in [1.54, 1.807) is 13.0 Å². The zero-order valence-corrected chi connectivity index (χ0v) is 18.9. The molecule has 4 N–H and O–H groups in total. The van der Waals surface area contributed by atoms with Gasteiger partial charge in [-0.2, -0.15) is 0 Å². The molecular weight excluding hydrogens is 458 g/mol. The van der Waals surface area contributed by atoms with Crippen molar-refractivity contribution in [2.45, 2.75) is 25.6 Å². The molecule has 32 heavy (non-hydrogen) atoms. The fourth-order valence-corrected chi connectivity index (χ4v) is 3.96. The minimum atomic E-state index is -0.693. The van der Waals surface area contributed by atoms with Crippen LogP contribution in [0.5, 0.6) is 5.75 Å². The summed E-state index contributed by atoms with van der Waals surface area (Å²) in [5, 5.41) is 12.4. The molecule has 0 aliphatic carbocycles. The molecule has 3 rings (SSSR count). The highest BCUT2D eigenvalue weighted by molar-refractivity contribution is 6.36. The second-order valence-corrected chi connectivity index (χ2v) is 8.17. The molecule has 1 saturated heterocycles. The number of carbonyl (C=O) groups excluding carboxylic acids is 1. The number of aromatic nitrogens is 1. The van der Waals surface area contributed by atoms with Gasteiger partial charge in [0.05, 0.1) is 24.2 Å². The highest BCUT2D eigenvalue weighted by atomic mass is 35.5. The molecular formula is C22H23Cl2FN4O3. The van der Waals surface area contributed by atoms with Crippen molar-refractivity contribution in [1.82, 2.24) is 15.2 Å². The van der Waals surface area contributed by atoms with E-state index in [0.29, 0.717) is 30.6 Å². The molecule has 10 heteroatoms. The summed E-state index contributed by atoms with van der Waals surface area (Å²) in [5.41, 5.74) is 6.73. The number of benzene rings is 1. The van der Waals surface area contributed by atoms with Crippen LogP contribution in [0.2, 0.25) is 10.0 Å². The standard InChI is InChI=1S/C22H23Cl2FN4O3/c1-13(20-16(23)4-5-17(25)21(20)24)32-18-9-14(10-28-22(18)26)3-2-7-27-19(31)12-29-8-6-15(30)11-29/h4-5,9-10,13,15,30H,6-8,11-12H2,1H3,(H2,26,28)(H,27,31)/t13?,15-/m1/s1. The van der Waals surface area contributed by atoms with E-state index in [2.05, 4.69) is 22.1 Å². The number of aliphatic hydroxyl groups is 1. The number of nitrogens with two attached hydrogens (primary N) is 1. The summed E-state index contributed by atoms with van der Waals surface area (Å²) in [5.74, 6) is 5.35. The lowest BCUT2D eigenvalue weighted by Gasteiger charge is -2.18. The average Bonchev–Trinajstić information content (AvgIpc) is 3.15. The number of anilines is 1. The van der Waals surface area contributed by atoms with Gasteiger partial charge in [-0.3, -0.25) is 9.69 Å². The lowest BCUT2D eigenvalue weighted by Crippen LogP contribution is -2.36. The lowest BCUT2D eigenvalue weighted by atomic mass is 10.1. The van der Waals surface area contributed by atoms with Gasteiger partial charge in [0.1, 0.15) is 11.9 Å². The van der Waals surface area contributed by atoms with E-state index in [0.717, 1.165) is 0 Å². The molecule has 7 nitrogen and oxygen atoms in total. The molecule has 0 radical (unpaired) electrons. The first-order chi connectivity index (χ1) is 15.2. The summed E-state index contributed by atoms with van der Waals surface area (Å²) in [6.45, 7) is 3.25. The first-order valence-corrected chi connectivity index (χ1v) is 10.7. The fourth-order valence-electron chi connectivity index (χ4n) is 3.29. The smallest absolute Gasteiger partial charge is 0.234 e. The maximum atomic E-state index is 13.8. The Hall–Kier alpha value is -2.57. The van der Waals surface area contributed by atoms with Crippen LogP contribution in [-0.2, 0) is 4.79 Å². The van der Waals surface area contributed by atoms with Gasteiger partial charge >= 0.3 is 0 Å². The summed E-state index contributed by atoms with van der Waals surface area (Å²) in [7, 11) is 0. The first-order valence-electron chi connectivity index (χ1n) is 9.96. The summed E-state index contributed by atoms with van der Waals surface area (Å²) in [6, 6.07) is 4.18. The zero-order chi connectivity index (χ0) is 23.3. The van der Waals surface area contributed by atoms with E-state index in [-0.39, 0.29) is 46.7 Å². The molecule has 1 amide bonds. The third-order valence-electron chi connectivity index (χ3n) is 4.89. The molecule has 2 aromatic rings. The van der Waals surface area contributed by atoms with Crippen LogP contribution in [-0.4, -0.2) is 53.2 Å². The van der Waals surface area contributed by atoms with Crippen molar-refractivity contribution in [1.29, 1.82) is 0 Å². The first kappa shape index (κ1) is 24.1. The van der Waals surface area contributed by atoms with Gasteiger partial charge in [-0.1, -0.05) is 35.0 Å². The fraction of sp³-hybridized carbons (Fsp3) is 0.364. The van der Waals surface area contributed by atoms with Crippen LogP contribution in [0.25, 0.3) is 0 Å². The van der Waals surface area contributed by atoms with Crippen LogP contribution in [0.4, 0.5) is 10.2 Å². The van der Waals surface area contributed by atoms with Gasteiger partial charge in [0, 0.05) is 41.5 Å². The number of carbonyl (C=O) groups is 1. The van der Waals surface area contributed by atoms with Crippen LogP contribution < -0.4 is 15.8 Å². The Bertz CT molecular complexity index is 1060. The number of β-amino-alcohol motifs (C(OH)–C–C–N with tert-alkyl or cyclic N) is 1. The van der Waals surface area contributed by atoms with Gasteiger partial charge < -0.3 is 20.9 Å². The Labute approximate surface area is 195 Å². The molecule has 1 unspecified atom stereocenters. The van der Waals surface area contributed by atoms with Gasteiger partial charge in [0.15, 0.2) is 11.6 Å². The van der Waals surface area contributed by atoms with Crippen LogP contribution in [0.3, 0.4) is 0 Å². The number of likely N-dealkylation sites (tertiary alicyclic amines) is 1. The number of hydrogen-bond donors (Lipinski definition) is 3. The van der Waals surface area contributed by atoms with E-state index in [9.17, 15) is 14.3 Å². The molecule has 0 bridgehead atoms. The van der Waals surface area contributed by atoms with Crippen LogP contribution >= 0.6 is 23.2 Å². The predicted octanol–water partition coefficient (Wildman–Crippen LogP) is 2.78. The number of nitrogen functional groups attached to an aromatic ring is 1. The second kappa shape index (κ2) is 10.8. The maximum Gasteiger partial charge on any atom is 0.234 e. The minimum Gasteiger partial charge on any atom is -0.482 e. The number of ether oxygens (including phenoxy) is 1. The van der Waals surface area contributed by atoms with Crippen LogP contribution in [0, 0.1) is 17.7 Å². The number of nitrogens with one attached hydrogen (secondary N) is 1. The quantitative estimate of drug-likeness (QED) is 0.434. The molecule has 1 aliphatic heterocycles. The number of rotatable bonds is 6. The van der Waals surface area contributed by atoms with Crippen molar-refractivity contribution < 1.29 is 19.0 Å². The average molecular weight is 481 g/mol. The maximum absolute atomic E-state index is 13.8. The molecule has 1 aliphatic rings. The molecule has 170 valence electrons. The summed E-state index contributed by atoms with van der Waals surface area (Å²) >= 11 is 12.2. The molecule has 1 fully saturated rings. The topological polar surface area (TPSA) is 101 Å². The van der Waals surface area contributed by atoms with Crippen molar-refractivity contribution in [3.05, 3.63) is 51.4 Å². The van der Waals surface area contributed by atoms with Gasteiger partial charge in [-0.25, -0.2) is 9.37 Å². The highest BCUT2D eigenvalue weighted by Crippen LogP contribution is 2.35. The molecule has 2 heterocycles. The molecule has 1 aromatic carbocycles. The third-order valence-corrected chi connectivity index (χ3v) is 5.61. The van der Waals surface area contributed by atoms with Gasteiger partial charge in [-0.05, 0) is 25.5 Å². The van der Waals surface area contributed by atoms with Gasteiger partial charge in [-0.15, -0.1) is 0 Å². The summed E-state index contributed by atoms with van der Waals surface area (Å²) in [6.07, 6.45) is 1.10. The molecule has 0 spiro atoms. The molecule has 2 atom stereocenters. The number of amides is 1. The minimum absolute atomic E-state index is 0.119. The van der Waals surface area contributed by atoms with Gasteiger partial charge in [0.2, 0.25) is 5.91 Å². The van der Waals surface area contributed by atoms with Crippen molar-refractivity contribution in [3.8, 4) is 17.6 Å². The Kier molecular flexibility index (Phi) is 8.15. The summed E-state index contributed by atoms with van der Waals surface area (Å²) < 4.78 is 19.6. The molecule has 0 saturated carbocycles. The van der Waals surface area contributed by atoms with E-state index >= 15 is 0 Å². The van der Waals surface area contributed by atoms with Crippen molar-refractivity contribution in [2.75, 3.05) is 31.9 Å². The normalized spacial score (nSPS) is 16.8. The van der Waals surface area contributed by atoms with E-state index < -0.39 is 11.9 Å². The Morgan fingerprint density at radius 2 is 2.28 bits per heavy atom. The highest BCUT2D eigenvalue weighted by Gasteiger charge is 2.22. The van der Waals surface area contributed by atoms with Crippen molar-refractivity contribution in [2.24, 2.45) is 0 Å². The second-order valence-electron chi connectivity index (χ2n) is 7.38. The van der Waals surface area contributed by atoms with Gasteiger partial charge in [0.25, 0.3) is 0 Å². The Morgan fingerprint density at radius 1 is 1.50 bits per heavy atom. The largest absolute Gasteiger partial charge is 0.482 e. The third kappa shape index (κ3) is 6.24. The number of halogens is 3. The van der Waals surface area contributed by atoms with Crippen LogP contribution in [0.15, 0.2) is 24.4 Å². The number of aliphatic hydroxyl groups excluding tert-OH is 1. The number of pyridine rings is 1. The number of hydrogen-bond acceptors (Lipinski definition) is 6.